The summed E-state index contributed by atoms with van der Waals surface area (Å²) >= 11 is 0. The average molecular weight is 248 g/mol. The Bertz CT molecular complexity index is 373. The molecule has 0 aliphatic heterocycles. The van der Waals surface area contributed by atoms with Crippen LogP contribution in [0.4, 0.5) is 0 Å². The number of aliphatic hydroxyl groups excluding tert-OH is 1. The first-order chi connectivity index (χ1) is 8.66. The summed E-state index contributed by atoms with van der Waals surface area (Å²) in [6.07, 6.45) is 5.38. The van der Waals surface area contributed by atoms with E-state index in [1.165, 1.54) is 12.0 Å². The van der Waals surface area contributed by atoms with Crippen LogP contribution >= 0.6 is 0 Å². The summed E-state index contributed by atoms with van der Waals surface area (Å²) in [6.45, 7) is 4.11. The lowest BCUT2D eigenvalue weighted by Crippen LogP contribution is -2.12. The van der Waals surface area contributed by atoms with Gasteiger partial charge in [0, 0.05) is 0 Å². The maximum Gasteiger partial charge on any atom is 0.123 e. The van der Waals surface area contributed by atoms with E-state index in [1.807, 2.05) is 12.1 Å². The lowest BCUT2D eigenvalue weighted by Gasteiger charge is -2.21. The first-order valence-electron chi connectivity index (χ1n) is 7.10. The number of rotatable bonds is 3. The molecule has 2 nitrogen and oxygen atoms in total. The van der Waals surface area contributed by atoms with E-state index in [0.717, 1.165) is 31.4 Å². The zero-order chi connectivity index (χ0) is 13.0. The van der Waals surface area contributed by atoms with Crippen molar-refractivity contribution in [1.29, 1.82) is 0 Å². The highest BCUT2D eigenvalue weighted by Crippen LogP contribution is 2.36. The molecular formula is C16H24O2. The fourth-order valence-corrected chi connectivity index (χ4v) is 2.80. The third kappa shape index (κ3) is 3.49. The molecule has 18 heavy (non-hydrogen) atoms. The van der Waals surface area contributed by atoms with Gasteiger partial charge in [-0.3, -0.25) is 0 Å². The summed E-state index contributed by atoms with van der Waals surface area (Å²) in [5, 5.41) is 9.95. The van der Waals surface area contributed by atoms with Gasteiger partial charge >= 0.3 is 0 Å². The van der Waals surface area contributed by atoms with Crippen LogP contribution < -0.4 is 4.74 Å². The molecule has 2 rings (SSSR count). The monoisotopic (exact) mass is 248 g/mol. The lowest BCUT2D eigenvalue weighted by atomic mass is 9.90. The molecule has 1 aliphatic carbocycles. The van der Waals surface area contributed by atoms with Crippen molar-refractivity contribution in [1.82, 2.24) is 0 Å². The molecule has 100 valence electrons. The predicted octanol–water partition coefficient (Wildman–Crippen LogP) is 3.88. The summed E-state index contributed by atoms with van der Waals surface area (Å²) in [4.78, 5) is 0. The smallest absolute Gasteiger partial charge is 0.123 e. The minimum absolute atomic E-state index is 0.149. The Balaban J connectivity index is 2.20. The Hall–Kier alpha value is -1.02. The summed E-state index contributed by atoms with van der Waals surface area (Å²) in [5.41, 5.74) is 1.27. The quantitative estimate of drug-likeness (QED) is 0.822. The first-order valence-corrected chi connectivity index (χ1v) is 7.10. The van der Waals surface area contributed by atoms with Crippen LogP contribution in [0.3, 0.4) is 0 Å². The highest BCUT2D eigenvalue weighted by Gasteiger charge is 2.22. The van der Waals surface area contributed by atoms with Crippen molar-refractivity contribution in [3.05, 3.63) is 29.8 Å². The molecule has 1 aromatic rings. The van der Waals surface area contributed by atoms with E-state index in [4.69, 9.17) is 4.74 Å². The zero-order valence-electron chi connectivity index (χ0n) is 11.4. The number of hydrogen-bond donors (Lipinski definition) is 1. The zero-order valence-corrected chi connectivity index (χ0v) is 11.4. The van der Waals surface area contributed by atoms with E-state index in [1.54, 1.807) is 0 Å². The lowest BCUT2D eigenvalue weighted by molar-refractivity contribution is 0.151. The molecule has 0 aromatic heterocycles. The molecule has 2 atom stereocenters. The predicted molar refractivity (Wildman–Crippen MR) is 74.0 cm³/mol. The fourth-order valence-electron chi connectivity index (χ4n) is 2.80. The van der Waals surface area contributed by atoms with Crippen LogP contribution in [-0.2, 0) is 0 Å². The molecule has 2 unspecified atom stereocenters. The maximum absolute atomic E-state index is 9.95. The van der Waals surface area contributed by atoms with Gasteiger partial charge in [0.2, 0.25) is 0 Å². The van der Waals surface area contributed by atoms with Crippen molar-refractivity contribution < 1.29 is 9.84 Å². The normalized spacial score (nSPS) is 24.9. The molecule has 2 heteroatoms. The average Bonchev–Trinajstić information content (AvgIpc) is 2.54. The van der Waals surface area contributed by atoms with Crippen LogP contribution in [0, 0.1) is 0 Å². The molecule has 1 aromatic carbocycles. The summed E-state index contributed by atoms with van der Waals surface area (Å²) in [6, 6.07) is 8.29. The van der Waals surface area contributed by atoms with Gasteiger partial charge in [0.05, 0.1) is 12.2 Å². The van der Waals surface area contributed by atoms with Crippen molar-refractivity contribution in [3.8, 4) is 5.75 Å². The van der Waals surface area contributed by atoms with Crippen molar-refractivity contribution >= 4 is 0 Å². The third-order valence-corrected chi connectivity index (χ3v) is 3.62. The molecular weight excluding hydrogens is 224 g/mol. The van der Waals surface area contributed by atoms with Gasteiger partial charge in [-0.1, -0.05) is 31.0 Å². The molecule has 0 heterocycles. The van der Waals surface area contributed by atoms with E-state index in [-0.39, 0.29) is 12.2 Å². The number of ether oxygens (including phenoxy) is 1. The van der Waals surface area contributed by atoms with Gasteiger partial charge in [-0.2, -0.15) is 0 Å². The Morgan fingerprint density at radius 2 is 1.89 bits per heavy atom. The van der Waals surface area contributed by atoms with E-state index >= 15 is 0 Å². The first kappa shape index (κ1) is 13.4. The highest BCUT2D eigenvalue weighted by molar-refractivity contribution is 5.36. The van der Waals surface area contributed by atoms with Gasteiger partial charge in [-0.15, -0.1) is 0 Å². The molecule has 1 fully saturated rings. The van der Waals surface area contributed by atoms with Crippen molar-refractivity contribution in [2.75, 3.05) is 0 Å². The molecule has 0 saturated heterocycles. The number of hydrogen-bond acceptors (Lipinski definition) is 2. The van der Waals surface area contributed by atoms with Crippen molar-refractivity contribution in [2.24, 2.45) is 0 Å². The Morgan fingerprint density at radius 3 is 2.67 bits per heavy atom. The Kier molecular flexibility index (Phi) is 4.65. The second-order valence-electron chi connectivity index (χ2n) is 5.58. The van der Waals surface area contributed by atoms with Gasteiger partial charge in [-0.05, 0) is 50.7 Å². The van der Waals surface area contributed by atoms with Gasteiger partial charge in [0.25, 0.3) is 0 Å². The van der Waals surface area contributed by atoms with Gasteiger partial charge in [0.15, 0.2) is 0 Å². The second-order valence-corrected chi connectivity index (χ2v) is 5.58. The van der Waals surface area contributed by atoms with Gasteiger partial charge in [0.1, 0.15) is 5.75 Å². The van der Waals surface area contributed by atoms with E-state index in [2.05, 4.69) is 26.0 Å². The van der Waals surface area contributed by atoms with Gasteiger partial charge < -0.3 is 9.84 Å². The molecule has 1 N–H and O–H groups in total. The fraction of sp³-hybridized carbons (Fsp3) is 0.625. The number of benzene rings is 1. The van der Waals surface area contributed by atoms with Crippen LogP contribution in [-0.4, -0.2) is 17.3 Å². The molecule has 0 spiro atoms. The van der Waals surface area contributed by atoms with Crippen molar-refractivity contribution in [2.45, 2.75) is 64.1 Å². The summed E-state index contributed by atoms with van der Waals surface area (Å²) in [7, 11) is 0. The van der Waals surface area contributed by atoms with E-state index < -0.39 is 0 Å². The summed E-state index contributed by atoms with van der Waals surface area (Å²) in [5.74, 6) is 1.43. The number of para-hydroxylation sites is 1. The highest BCUT2D eigenvalue weighted by atomic mass is 16.5. The number of aliphatic hydroxyl groups is 1. The molecule has 0 bridgehead atoms. The topological polar surface area (TPSA) is 29.5 Å². The van der Waals surface area contributed by atoms with Gasteiger partial charge in [-0.25, -0.2) is 0 Å². The Morgan fingerprint density at radius 1 is 1.17 bits per heavy atom. The van der Waals surface area contributed by atoms with Crippen LogP contribution in [0.5, 0.6) is 5.75 Å². The molecule has 1 aliphatic rings. The van der Waals surface area contributed by atoms with Crippen LogP contribution in [0.25, 0.3) is 0 Å². The SMILES string of the molecule is CC(C)Oc1ccccc1C1CCCCC(O)C1. The van der Waals surface area contributed by atoms with E-state index in [0.29, 0.717) is 5.92 Å². The van der Waals surface area contributed by atoms with Crippen molar-refractivity contribution in [3.63, 3.8) is 0 Å². The second kappa shape index (κ2) is 6.24. The minimum atomic E-state index is -0.149. The third-order valence-electron chi connectivity index (χ3n) is 3.62. The summed E-state index contributed by atoms with van der Waals surface area (Å²) < 4.78 is 5.89. The maximum atomic E-state index is 9.95. The largest absolute Gasteiger partial charge is 0.491 e. The van der Waals surface area contributed by atoms with Crippen LogP contribution in [0.1, 0.15) is 57.4 Å². The van der Waals surface area contributed by atoms with E-state index in [9.17, 15) is 5.11 Å². The standard InChI is InChI=1S/C16H24O2/c1-12(2)18-16-10-6-5-9-15(16)13-7-3-4-8-14(17)11-13/h5-6,9-10,12-14,17H,3-4,7-8,11H2,1-2H3. The molecule has 0 radical (unpaired) electrons. The molecule has 0 amide bonds. The van der Waals surface area contributed by atoms with Crippen LogP contribution in [0.15, 0.2) is 24.3 Å². The Labute approximate surface area is 110 Å². The molecule has 1 saturated carbocycles. The minimum Gasteiger partial charge on any atom is -0.491 e. The van der Waals surface area contributed by atoms with Crippen LogP contribution in [0.2, 0.25) is 0 Å².